The maximum Gasteiger partial charge on any atom is 0.327 e. The largest absolute Gasteiger partial charge is 0.480 e. The van der Waals surface area contributed by atoms with Crippen LogP contribution < -0.4 is 0 Å². The Labute approximate surface area is 104 Å². The molecule has 2 aliphatic heterocycles. The van der Waals surface area contributed by atoms with Crippen molar-refractivity contribution < 1.29 is 9.90 Å². The molecule has 0 radical (unpaired) electrons. The summed E-state index contributed by atoms with van der Waals surface area (Å²) in [4.78, 5) is 16.9. The molecule has 0 saturated carbocycles. The van der Waals surface area contributed by atoms with Crippen molar-refractivity contribution in [3.8, 4) is 0 Å². The number of aliphatic carboxylic acids is 1. The Bertz CT molecular complexity index is 646. The second-order valence-corrected chi connectivity index (χ2v) is 5.22. The van der Waals surface area contributed by atoms with Gasteiger partial charge in [-0.15, -0.1) is 0 Å². The molecular weight excluding hydrogens is 228 g/mol. The zero-order valence-corrected chi connectivity index (χ0v) is 9.89. The van der Waals surface area contributed by atoms with Gasteiger partial charge in [-0.2, -0.15) is 0 Å². The van der Waals surface area contributed by atoms with E-state index >= 15 is 0 Å². The molecule has 92 valence electrons. The van der Waals surface area contributed by atoms with Crippen molar-refractivity contribution in [2.24, 2.45) is 0 Å². The molecule has 1 aromatic carbocycles. The van der Waals surface area contributed by atoms with Gasteiger partial charge >= 0.3 is 5.97 Å². The molecule has 2 aliphatic rings. The van der Waals surface area contributed by atoms with Crippen molar-refractivity contribution in [1.82, 2.24) is 9.88 Å². The predicted molar refractivity (Wildman–Crippen MR) is 67.6 cm³/mol. The number of H-pyrrole nitrogens is 1. The number of carbonyl (C=O) groups is 1. The summed E-state index contributed by atoms with van der Waals surface area (Å²) in [5.74, 6) is -0.255. The van der Waals surface area contributed by atoms with Gasteiger partial charge in [0.1, 0.15) is 6.04 Å². The van der Waals surface area contributed by atoms with Crippen molar-refractivity contribution >= 4 is 16.9 Å². The highest BCUT2D eigenvalue weighted by Crippen LogP contribution is 2.45. The highest BCUT2D eigenvalue weighted by atomic mass is 16.4. The van der Waals surface area contributed by atoms with Crippen LogP contribution in [0.4, 0.5) is 0 Å². The van der Waals surface area contributed by atoms with Gasteiger partial charge in [-0.3, -0.25) is 9.69 Å². The Balaban J connectivity index is 2.03. The number of carboxylic acids is 1. The fraction of sp³-hybridized carbons (Fsp3) is 0.357. The number of aromatic nitrogens is 1. The zero-order valence-electron chi connectivity index (χ0n) is 9.89. The van der Waals surface area contributed by atoms with Crippen molar-refractivity contribution in [1.29, 1.82) is 0 Å². The van der Waals surface area contributed by atoms with E-state index in [4.69, 9.17) is 0 Å². The normalized spacial score (nSPS) is 29.4. The number of para-hydroxylation sites is 1. The number of carboxylic acid groups (broad SMARTS) is 1. The third-order valence-corrected chi connectivity index (χ3v) is 4.28. The van der Waals surface area contributed by atoms with E-state index in [1.54, 1.807) is 0 Å². The number of benzene rings is 1. The fourth-order valence-corrected chi connectivity index (χ4v) is 3.56. The lowest BCUT2D eigenvalue weighted by atomic mass is 9.90. The second-order valence-electron chi connectivity index (χ2n) is 5.22. The lowest BCUT2D eigenvalue weighted by molar-refractivity contribution is -0.143. The van der Waals surface area contributed by atoms with Gasteiger partial charge in [0.25, 0.3) is 0 Å². The summed E-state index contributed by atoms with van der Waals surface area (Å²) in [5, 5.41) is 10.7. The Morgan fingerprint density at radius 1 is 1.39 bits per heavy atom. The van der Waals surface area contributed by atoms with E-state index in [0.29, 0.717) is 5.92 Å². The van der Waals surface area contributed by atoms with Gasteiger partial charge in [0.05, 0.1) is 0 Å². The van der Waals surface area contributed by atoms with E-state index in [0.717, 1.165) is 30.7 Å². The number of nitrogens with zero attached hydrogens (tertiary/aromatic N) is 1. The van der Waals surface area contributed by atoms with Gasteiger partial charge in [0.2, 0.25) is 0 Å². The molecule has 4 nitrogen and oxygen atoms in total. The third kappa shape index (κ3) is 1.16. The molecule has 2 N–H and O–H groups in total. The smallest absolute Gasteiger partial charge is 0.327 e. The highest BCUT2D eigenvalue weighted by Gasteiger charge is 2.43. The Morgan fingerprint density at radius 3 is 3.06 bits per heavy atom. The highest BCUT2D eigenvalue weighted by molar-refractivity contribution is 5.89. The second kappa shape index (κ2) is 3.36. The van der Waals surface area contributed by atoms with Crippen LogP contribution in [0.3, 0.4) is 0 Å². The quantitative estimate of drug-likeness (QED) is 0.805. The van der Waals surface area contributed by atoms with Crippen LogP contribution in [0.25, 0.3) is 10.9 Å². The minimum Gasteiger partial charge on any atom is -0.480 e. The molecular formula is C14H14N2O2. The standard InChI is InChI=1S/C14H14N2O2/c17-14(18)13-12-11(8-5-6-16(13)7-8)9-3-1-2-4-10(9)15-12/h1-4,8,13,15H,5-7H2,(H,17,18). The van der Waals surface area contributed by atoms with E-state index in [-0.39, 0.29) is 0 Å². The summed E-state index contributed by atoms with van der Waals surface area (Å²) < 4.78 is 0. The minimum atomic E-state index is -0.747. The van der Waals surface area contributed by atoms with Crippen LogP contribution in [-0.4, -0.2) is 34.0 Å². The van der Waals surface area contributed by atoms with Gasteiger partial charge in [-0.1, -0.05) is 18.2 Å². The minimum absolute atomic E-state index is 0.492. The molecule has 1 aromatic heterocycles. The van der Waals surface area contributed by atoms with Crippen LogP contribution in [0, 0.1) is 0 Å². The molecule has 18 heavy (non-hydrogen) atoms. The van der Waals surface area contributed by atoms with E-state index in [1.165, 1.54) is 10.9 Å². The van der Waals surface area contributed by atoms with Crippen molar-refractivity contribution in [3.63, 3.8) is 0 Å². The molecule has 3 atom stereocenters. The number of rotatable bonds is 1. The molecule has 0 aliphatic carbocycles. The van der Waals surface area contributed by atoms with E-state index < -0.39 is 12.0 Å². The SMILES string of the molecule is O=C(O)C1c2[nH]c3ccccc3c2C2CCN1C2. The van der Waals surface area contributed by atoms with Crippen LogP contribution in [0.5, 0.6) is 0 Å². The monoisotopic (exact) mass is 242 g/mol. The number of aromatic amines is 1. The number of hydrogen-bond acceptors (Lipinski definition) is 2. The van der Waals surface area contributed by atoms with Crippen LogP contribution in [-0.2, 0) is 4.79 Å². The van der Waals surface area contributed by atoms with E-state index in [1.807, 2.05) is 18.2 Å². The van der Waals surface area contributed by atoms with Crippen LogP contribution in [0.1, 0.15) is 29.6 Å². The first-order valence-electron chi connectivity index (χ1n) is 6.33. The lowest BCUT2D eigenvalue weighted by Crippen LogP contribution is -2.35. The Hall–Kier alpha value is -1.81. The first-order valence-corrected chi connectivity index (χ1v) is 6.33. The van der Waals surface area contributed by atoms with Gasteiger partial charge in [-0.05, 0) is 24.6 Å². The fourth-order valence-electron chi connectivity index (χ4n) is 3.56. The van der Waals surface area contributed by atoms with Gasteiger partial charge in [-0.25, -0.2) is 0 Å². The maximum atomic E-state index is 11.5. The summed E-state index contributed by atoms with van der Waals surface area (Å²) in [6.45, 7) is 1.77. The zero-order chi connectivity index (χ0) is 12.3. The molecule has 1 saturated heterocycles. The summed E-state index contributed by atoms with van der Waals surface area (Å²) in [6, 6.07) is 7.63. The van der Waals surface area contributed by atoms with E-state index in [2.05, 4.69) is 16.0 Å². The van der Waals surface area contributed by atoms with Crippen LogP contribution >= 0.6 is 0 Å². The Morgan fingerprint density at radius 2 is 2.22 bits per heavy atom. The first-order chi connectivity index (χ1) is 8.75. The van der Waals surface area contributed by atoms with Gasteiger partial charge in [0, 0.05) is 29.1 Å². The number of fused-ring (bicyclic) bond motifs is 6. The molecule has 3 unspecified atom stereocenters. The molecule has 4 rings (SSSR count). The molecule has 1 fully saturated rings. The summed E-state index contributed by atoms with van der Waals surface area (Å²) in [7, 11) is 0. The molecule has 2 aromatic rings. The van der Waals surface area contributed by atoms with Gasteiger partial charge < -0.3 is 10.1 Å². The van der Waals surface area contributed by atoms with Gasteiger partial charge in [0.15, 0.2) is 0 Å². The molecule has 4 heteroatoms. The Kier molecular flexibility index (Phi) is 1.89. The topological polar surface area (TPSA) is 56.3 Å². The number of hydrogen-bond donors (Lipinski definition) is 2. The summed E-state index contributed by atoms with van der Waals surface area (Å²) in [6.07, 6.45) is 1.07. The van der Waals surface area contributed by atoms with E-state index in [9.17, 15) is 9.90 Å². The number of nitrogens with one attached hydrogen (secondary N) is 1. The van der Waals surface area contributed by atoms with Crippen molar-refractivity contribution in [3.05, 3.63) is 35.5 Å². The van der Waals surface area contributed by atoms with Crippen LogP contribution in [0.2, 0.25) is 0 Å². The van der Waals surface area contributed by atoms with Crippen molar-refractivity contribution in [2.75, 3.05) is 13.1 Å². The summed E-state index contributed by atoms with van der Waals surface area (Å²) >= 11 is 0. The average Bonchev–Trinajstić information content (AvgIpc) is 2.91. The first kappa shape index (κ1) is 10.1. The predicted octanol–water partition coefficient (Wildman–Crippen LogP) is 2.10. The van der Waals surface area contributed by atoms with Crippen molar-refractivity contribution in [2.45, 2.75) is 18.4 Å². The molecule has 0 spiro atoms. The van der Waals surface area contributed by atoms with Crippen LogP contribution in [0.15, 0.2) is 24.3 Å². The maximum absolute atomic E-state index is 11.5. The average molecular weight is 242 g/mol. The summed E-state index contributed by atoms with van der Waals surface area (Å²) in [5.41, 5.74) is 3.20. The molecule has 3 heterocycles. The molecule has 2 bridgehead atoms. The lowest BCUT2D eigenvalue weighted by Gasteiger charge is -2.29. The molecule has 0 amide bonds. The third-order valence-electron chi connectivity index (χ3n) is 4.28.